The molecule has 1 saturated heterocycles. The Balaban J connectivity index is 1.89. The molecule has 2 aromatic rings. The summed E-state index contributed by atoms with van der Waals surface area (Å²) in [4.78, 5) is 27.4. The smallest absolute Gasteiger partial charge is 0.335 e. The van der Waals surface area contributed by atoms with Gasteiger partial charge in [-0.15, -0.1) is 0 Å². The Labute approximate surface area is 165 Å². The summed E-state index contributed by atoms with van der Waals surface area (Å²) in [7, 11) is 3.89. The van der Waals surface area contributed by atoms with Gasteiger partial charge in [0.2, 0.25) is 0 Å². The highest BCUT2D eigenvalue weighted by atomic mass is 32.2. The second-order valence-electron chi connectivity index (χ2n) is 5.99. The third-order valence-corrected chi connectivity index (χ3v) is 5.26. The van der Waals surface area contributed by atoms with Crippen molar-refractivity contribution in [3.8, 4) is 5.75 Å². The summed E-state index contributed by atoms with van der Waals surface area (Å²) < 4.78 is 0.290. The number of nitrogens with zero attached hydrogens (tertiary/aromatic N) is 2. The van der Waals surface area contributed by atoms with Crippen molar-refractivity contribution in [2.75, 3.05) is 23.9 Å². The quantitative estimate of drug-likeness (QED) is 0.625. The summed E-state index contributed by atoms with van der Waals surface area (Å²) in [5.41, 5.74) is 1.81. The molecule has 27 heavy (non-hydrogen) atoms. The van der Waals surface area contributed by atoms with Crippen molar-refractivity contribution in [1.29, 1.82) is 0 Å². The minimum absolute atomic E-state index is 0.263. The highest BCUT2D eigenvalue weighted by molar-refractivity contribution is 8.27. The highest BCUT2D eigenvalue weighted by Crippen LogP contribution is 2.37. The van der Waals surface area contributed by atoms with Crippen LogP contribution in [0.3, 0.4) is 0 Å². The number of carbonyl (C=O) groups is 2. The molecular weight excluding hydrogens is 384 g/mol. The van der Waals surface area contributed by atoms with Crippen LogP contribution in [0.1, 0.15) is 15.9 Å². The molecule has 8 heteroatoms. The van der Waals surface area contributed by atoms with Crippen molar-refractivity contribution in [3.05, 3.63) is 58.5 Å². The van der Waals surface area contributed by atoms with Gasteiger partial charge in [-0.25, -0.2) is 4.79 Å². The molecule has 1 fully saturated rings. The van der Waals surface area contributed by atoms with E-state index in [0.717, 1.165) is 29.1 Å². The first-order valence-corrected chi connectivity index (χ1v) is 9.10. The van der Waals surface area contributed by atoms with Gasteiger partial charge < -0.3 is 15.1 Å². The number of carboxylic acid groups (broad SMARTS) is 1. The van der Waals surface area contributed by atoms with Gasteiger partial charge >= 0.3 is 5.97 Å². The van der Waals surface area contributed by atoms with E-state index < -0.39 is 11.7 Å². The second kappa shape index (κ2) is 7.42. The molecule has 0 bridgehead atoms. The number of hydrogen-bond donors (Lipinski definition) is 1. The molecule has 1 aliphatic heterocycles. The molecule has 3 rings (SSSR count). The van der Waals surface area contributed by atoms with Crippen LogP contribution >= 0.6 is 24.0 Å². The number of carboxylic acids is 1. The summed E-state index contributed by atoms with van der Waals surface area (Å²) in [6.45, 7) is 0. The lowest BCUT2D eigenvalue weighted by Crippen LogP contribution is -2.27. The van der Waals surface area contributed by atoms with Crippen molar-refractivity contribution >= 4 is 57.6 Å². The van der Waals surface area contributed by atoms with E-state index in [1.807, 2.05) is 43.3 Å². The van der Waals surface area contributed by atoms with Gasteiger partial charge in [-0.05, 0) is 42.0 Å². The lowest BCUT2D eigenvalue weighted by Gasteiger charge is -2.18. The molecule has 0 saturated carbocycles. The Kier molecular flexibility index (Phi) is 5.20. The Morgan fingerprint density at radius 3 is 2.44 bits per heavy atom. The summed E-state index contributed by atoms with van der Waals surface area (Å²) in [6, 6.07) is 11.4. The van der Waals surface area contributed by atoms with Gasteiger partial charge in [0, 0.05) is 19.8 Å². The number of amides is 1. The molecule has 138 valence electrons. The van der Waals surface area contributed by atoms with Gasteiger partial charge in [-0.3, -0.25) is 9.69 Å². The first-order chi connectivity index (χ1) is 12.8. The summed E-state index contributed by atoms with van der Waals surface area (Å²) >= 11 is 6.42. The molecule has 1 N–H and O–H groups in total. The molecule has 2 aromatic carbocycles. The maximum absolute atomic E-state index is 12.7. The highest BCUT2D eigenvalue weighted by Gasteiger charge is 2.33. The second-order valence-corrected chi connectivity index (χ2v) is 7.66. The third kappa shape index (κ3) is 3.81. The molecule has 1 amide bonds. The number of aromatic carboxylic acids is 1. The molecule has 0 aliphatic carbocycles. The number of anilines is 2. The van der Waals surface area contributed by atoms with E-state index in [2.05, 4.69) is 0 Å². The van der Waals surface area contributed by atoms with Gasteiger partial charge in [0.15, 0.2) is 4.32 Å². The molecule has 0 atom stereocenters. The Hall–Kier alpha value is -2.84. The SMILES string of the molecule is CN(C)c1ccc(/C=C2\SC(=S)N(c3ccc(C(=O)O)c([O-])c3)C2=O)cc1. The number of thiocarbonyl (C=S) groups is 1. The predicted molar refractivity (Wildman–Crippen MR) is 109 cm³/mol. The van der Waals surface area contributed by atoms with Crippen molar-refractivity contribution in [2.24, 2.45) is 0 Å². The zero-order valence-corrected chi connectivity index (χ0v) is 16.1. The Bertz CT molecular complexity index is 968. The van der Waals surface area contributed by atoms with Crippen LogP contribution in [-0.2, 0) is 4.79 Å². The molecule has 0 unspecified atom stereocenters. The Morgan fingerprint density at radius 1 is 1.22 bits per heavy atom. The van der Waals surface area contributed by atoms with Gasteiger partial charge in [-0.1, -0.05) is 41.9 Å². The maximum Gasteiger partial charge on any atom is 0.335 e. The van der Waals surface area contributed by atoms with Crippen LogP contribution in [0.4, 0.5) is 11.4 Å². The lowest BCUT2D eigenvalue weighted by atomic mass is 10.1. The van der Waals surface area contributed by atoms with Gasteiger partial charge in [0.1, 0.15) is 0 Å². The van der Waals surface area contributed by atoms with Crippen molar-refractivity contribution in [3.63, 3.8) is 0 Å². The van der Waals surface area contributed by atoms with Crippen LogP contribution in [0.15, 0.2) is 47.4 Å². The van der Waals surface area contributed by atoms with Crippen LogP contribution in [-0.4, -0.2) is 35.4 Å². The standard InChI is InChI=1S/C19H16N2O4S2/c1-20(2)12-5-3-11(4-6-12)9-16-17(23)21(19(26)27-16)13-7-8-14(18(24)25)15(22)10-13/h3-10,22H,1-2H3,(H,24,25)/p-1/b16-9-. The van der Waals surface area contributed by atoms with Crippen LogP contribution in [0.2, 0.25) is 0 Å². The fraction of sp³-hybridized carbons (Fsp3) is 0.105. The summed E-state index contributed by atoms with van der Waals surface area (Å²) in [5.74, 6) is -2.32. The fourth-order valence-corrected chi connectivity index (χ4v) is 3.84. The van der Waals surface area contributed by atoms with E-state index in [9.17, 15) is 14.7 Å². The van der Waals surface area contributed by atoms with Crippen molar-refractivity contribution < 1.29 is 19.8 Å². The zero-order valence-electron chi connectivity index (χ0n) is 14.5. The average Bonchev–Trinajstić information content (AvgIpc) is 2.88. The zero-order chi connectivity index (χ0) is 19.7. The minimum Gasteiger partial charge on any atom is -0.872 e. The molecule has 0 radical (unpaired) electrons. The predicted octanol–water partition coefficient (Wildman–Crippen LogP) is 2.93. The molecule has 0 aromatic heterocycles. The van der Waals surface area contributed by atoms with Crippen molar-refractivity contribution in [1.82, 2.24) is 0 Å². The van der Waals surface area contributed by atoms with Crippen molar-refractivity contribution in [2.45, 2.75) is 0 Å². The third-order valence-electron chi connectivity index (χ3n) is 3.95. The van der Waals surface area contributed by atoms with E-state index in [4.69, 9.17) is 17.3 Å². The minimum atomic E-state index is -1.31. The molecule has 6 nitrogen and oxygen atoms in total. The first-order valence-electron chi connectivity index (χ1n) is 7.87. The lowest BCUT2D eigenvalue weighted by molar-refractivity contribution is -0.268. The van der Waals surface area contributed by atoms with Gasteiger partial charge in [0.05, 0.1) is 16.2 Å². The topological polar surface area (TPSA) is 83.9 Å². The van der Waals surface area contributed by atoms with Crippen LogP contribution in [0, 0.1) is 0 Å². The molecule has 0 spiro atoms. The van der Waals surface area contributed by atoms with E-state index in [1.54, 1.807) is 6.08 Å². The number of benzene rings is 2. The fourth-order valence-electron chi connectivity index (χ4n) is 2.54. The van der Waals surface area contributed by atoms with Gasteiger partial charge in [0.25, 0.3) is 5.91 Å². The molecule has 1 aliphatic rings. The van der Waals surface area contributed by atoms with E-state index in [0.29, 0.717) is 9.23 Å². The van der Waals surface area contributed by atoms with E-state index in [-0.39, 0.29) is 17.2 Å². The average molecular weight is 399 g/mol. The number of carbonyl (C=O) groups excluding carboxylic acids is 1. The summed E-state index contributed by atoms with van der Waals surface area (Å²) in [5, 5.41) is 20.9. The number of thioether (sulfide) groups is 1. The molecular formula is C19H15N2O4S2-. The first kappa shape index (κ1) is 18.9. The van der Waals surface area contributed by atoms with Crippen LogP contribution in [0.25, 0.3) is 6.08 Å². The van der Waals surface area contributed by atoms with Crippen LogP contribution in [0.5, 0.6) is 5.75 Å². The Morgan fingerprint density at radius 2 is 1.89 bits per heavy atom. The number of rotatable bonds is 4. The van der Waals surface area contributed by atoms with E-state index in [1.165, 1.54) is 17.0 Å². The number of hydrogen-bond acceptors (Lipinski definition) is 6. The van der Waals surface area contributed by atoms with E-state index >= 15 is 0 Å². The molecule has 1 heterocycles. The van der Waals surface area contributed by atoms with Gasteiger partial charge in [-0.2, -0.15) is 0 Å². The normalized spacial score (nSPS) is 15.5. The van der Waals surface area contributed by atoms with Crippen LogP contribution < -0.4 is 14.9 Å². The monoisotopic (exact) mass is 399 g/mol. The largest absolute Gasteiger partial charge is 0.872 e. The summed E-state index contributed by atoms with van der Waals surface area (Å²) in [6.07, 6.45) is 1.74. The maximum atomic E-state index is 12.7.